The number of halogens is 1. The number of nitrogens with zero attached hydrogens (tertiary/aromatic N) is 3. The first kappa shape index (κ1) is 22.4. The normalized spacial score (nSPS) is 15.1. The lowest BCUT2D eigenvalue weighted by atomic mass is 10.2. The Morgan fingerprint density at radius 3 is 2.69 bits per heavy atom. The van der Waals surface area contributed by atoms with Crippen molar-refractivity contribution in [2.75, 3.05) is 31.6 Å². The van der Waals surface area contributed by atoms with Crippen LogP contribution in [-0.4, -0.2) is 54.5 Å². The van der Waals surface area contributed by atoms with Crippen molar-refractivity contribution in [3.05, 3.63) is 63.7 Å². The third-order valence-corrected chi connectivity index (χ3v) is 7.44. The zero-order valence-corrected chi connectivity index (χ0v) is 18.8. The van der Waals surface area contributed by atoms with E-state index in [1.165, 1.54) is 21.3 Å². The average molecular weight is 477 g/mol. The molecule has 11 heteroatoms. The number of benzene rings is 2. The fraction of sp³-hybridized carbons (Fsp3) is 0.286. The van der Waals surface area contributed by atoms with Crippen molar-refractivity contribution in [3.8, 4) is 0 Å². The Morgan fingerprint density at radius 2 is 1.94 bits per heavy atom. The fourth-order valence-corrected chi connectivity index (χ4v) is 5.31. The first-order chi connectivity index (χ1) is 15.3. The second-order valence-corrected chi connectivity index (χ2v) is 9.73. The highest BCUT2D eigenvalue weighted by atomic mass is 35.5. The highest BCUT2D eigenvalue weighted by Gasteiger charge is 2.28. The lowest BCUT2D eigenvalue weighted by Gasteiger charge is -2.26. The number of carbonyl (C=O) groups is 1. The number of sulfonamides is 1. The van der Waals surface area contributed by atoms with Crippen molar-refractivity contribution in [1.29, 1.82) is 0 Å². The maximum Gasteiger partial charge on any atom is 0.261 e. The summed E-state index contributed by atoms with van der Waals surface area (Å²) in [4.78, 5) is 29.5. The fourth-order valence-electron chi connectivity index (χ4n) is 3.48. The van der Waals surface area contributed by atoms with Crippen LogP contribution >= 0.6 is 11.6 Å². The van der Waals surface area contributed by atoms with Gasteiger partial charge in [0.15, 0.2) is 0 Å². The molecule has 0 spiro atoms. The molecule has 0 atom stereocenters. The van der Waals surface area contributed by atoms with Gasteiger partial charge in [0.05, 0.1) is 35.3 Å². The van der Waals surface area contributed by atoms with Crippen molar-refractivity contribution in [3.63, 3.8) is 0 Å². The predicted octanol–water partition coefficient (Wildman–Crippen LogP) is 2.02. The number of aromatic nitrogens is 2. The van der Waals surface area contributed by atoms with Gasteiger partial charge in [0, 0.05) is 23.8 Å². The molecule has 0 saturated carbocycles. The summed E-state index contributed by atoms with van der Waals surface area (Å²) in [5.74, 6) is -0.485. The second kappa shape index (κ2) is 8.99. The molecule has 4 rings (SSSR count). The molecule has 2 aromatic carbocycles. The molecule has 9 nitrogen and oxygen atoms in total. The van der Waals surface area contributed by atoms with Gasteiger partial charge in [-0.2, -0.15) is 4.31 Å². The summed E-state index contributed by atoms with van der Waals surface area (Å²) in [6, 6.07) is 9.41. The van der Waals surface area contributed by atoms with Crippen LogP contribution in [-0.2, 0) is 26.1 Å². The van der Waals surface area contributed by atoms with Gasteiger partial charge in [-0.3, -0.25) is 14.2 Å². The van der Waals surface area contributed by atoms with Crippen LogP contribution in [0.15, 0.2) is 52.4 Å². The lowest BCUT2D eigenvalue weighted by molar-refractivity contribution is -0.116. The van der Waals surface area contributed by atoms with E-state index in [1.54, 1.807) is 37.3 Å². The summed E-state index contributed by atoms with van der Waals surface area (Å²) in [6.45, 7) is 2.67. The Labute approximate surface area is 189 Å². The van der Waals surface area contributed by atoms with E-state index in [2.05, 4.69) is 10.3 Å². The number of rotatable bonds is 5. The molecule has 1 N–H and O–H groups in total. The second-order valence-electron chi connectivity index (χ2n) is 7.38. The highest BCUT2D eigenvalue weighted by molar-refractivity contribution is 7.89. The molecule has 0 radical (unpaired) electrons. The van der Waals surface area contributed by atoms with E-state index in [9.17, 15) is 18.0 Å². The average Bonchev–Trinajstić information content (AvgIpc) is 2.77. The van der Waals surface area contributed by atoms with Gasteiger partial charge in [-0.25, -0.2) is 13.4 Å². The molecule has 0 bridgehead atoms. The molecule has 0 aliphatic carbocycles. The highest BCUT2D eigenvalue weighted by Crippen LogP contribution is 2.24. The van der Waals surface area contributed by atoms with Crippen molar-refractivity contribution in [1.82, 2.24) is 13.9 Å². The van der Waals surface area contributed by atoms with Crippen LogP contribution < -0.4 is 10.9 Å². The largest absolute Gasteiger partial charge is 0.379 e. The predicted molar refractivity (Wildman–Crippen MR) is 120 cm³/mol. The van der Waals surface area contributed by atoms with Crippen LogP contribution in [0, 0.1) is 6.92 Å². The zero-order valence-electron chi connectivity index (χ0n) is 17.2. The molecule has 168 valence electrons. The van der Waals surface area contributed by atoms with E-state index in [-0.39, 0.29) is 30.1 Å². The SMILES string of the molecule is Cc1ccc(NC(=O)Cn2cnc3cc(Cl)ccc3c2=O)cc1S(=O)(=O)N1CCOCC1. The molecular formula is C21H21ClN4O5S. The Kier molecular flexibility index (Phi) is 6.29. The summed E-state index contributed by atoms with van der Waals surface area (Å²) in [5.41, 5.74) is 0.959. The Morgan fingerprint density at radius 1 is 1.19 bits per heavy atom. The van der Waals surface area contributed by atoms with Crippen molar-refractivity contribution < 1.29 is 17.9 Å². The molecule has 1 aliphatic heterocycles. The van der Waals surface area contributed by atoms with Gasteiger partial charge in [-0.15, -0.1) is 0 Å². The Bertz CT molecular complexity index is 1350. The van der Waals surface area contributed by atoms with Crippen LogP contribution in [0.2, 0.25) is 5.02 Å². The van der Waals surface area contributed by atoms with Crippen LogP contribution in [0.1, 0.15) is 5.56 Å². The number of hydrogen-bond donors (Lipinski definition) is 1. The van der Waals surface area contributed by atoms with Crippen LogP contribution in [0.3, 0.4) is 0 Å². The van der Waals surface area contributed by atoms with E-state index in [0.717, 1.165) is 0 Å². The molecule has 1 saturated heterocycles. The molecule has 1 fully saturated rings. The minimum absolute atomic E-state index is 0.124. The number of anilines is 1. The topological polar surface area (TPSA) is 111 Å². The van der Waals surface area contributed by atoms with E-state index in [0.29, 0.717) is 40.4 Å². The van der Waals surface area contributed by atoms with Gasteiger partial charge in [0.25, 0.3) is 5.56 Å². The molecule has 0 unspecified atom stereocenters. The van der Waals surface area contributed by atoms with Gasteiger partial charge >= 0.3 is 0 Å². The standard InChI is InChI=1S/C21H21ClN4O5S/c1-14-2-4-16(11-19(14)32(29,30)26-6-8-31-9-7-26)24-20(27)12-25-13-23-18-10-15(22)3-5-17(18)21(25)28/h2-5,10-11,13H,6-9,12H2,1H3,(H,24,27). The number of fused-ring (bicyclic) bond motifs is 1. The quantitative estimate of drug-likeness (QED) is 0.603. The van der Waals surface area contributed by atoms with Gasteiger partial charge < -0.3 is 10.1 Å². The summed E-state index contributed by atoms with van der Waals surface area (Å²) >= 11 is 5.93. The minimum Gasteiger partial charge on any atom is -0.379 e. The van der Waals surface area contributed by atoms with Gasteiger partial charge in [0.2, 0.25) is 15.9 Å². The Balaban J connectivity index is 1.55. The maximum absolute atomic E-state index is 13.0. The van der Waals surface area contributed by atoms with E-state index < -0.39 is 15.9 Å². The monoisotopic (exact) mass is 476 g/mol. The number of ether oxygens (including phenoxy) is 1. The third kappa shape index (κ3) is 4.53. The van der Waals surface area contributed by atoms with Gasteiger partial charge in [0.1, 0.15) is 6.54 Å². The number of hydrogen-bond acceptors (Lipinski definition) is 6. The van der Waals surface area contributed by atoms with Gasteiger partial charge in [-0.1, -0.05) is 17.7 Å². The van der Waals surface area contributed by atoms with Crippen LogP contribution in [0.25, 0.3) is 10.9 Å². The molecule has 1 aromatic heterocycles. The lowest BCUT2D eigenvalue weighted by Crippen LogP contribution is -2.40. The van der Waals surface area contributed by atoms with Gasteiger partial charge in [-0.05, 0) is 42.8 Å². The van der Waals surface area contributed by atoms with Crippen molar-refractivity contribution >= 4 is 44.1 Å². The number of carbonyl (C=O) groups excluding carboxylic acids is 1. The molecule has 2 heterocycles. The van der Waals surface area contributed by atoms with Crippen LogP contribution in [0.5, 0.6) is 0 Å². The molecule has 1 amide bonds. The summed E-state index contributed by atoms with van der Waals surface area (Å²) in [6.07, 6.45) is 1.28. The minimum atomic E-state index is -3.72. The van der Waals surface area contributed by atoms with E-state index in [1.807, 2.05) is 0 Å². The molecule has 3 aromatic rings. The Hall–Kier alpha value is -2.79. The third-order valence-electron chi connectivity index (χ3n) is 5.16. The summed E-state index contributed by atoms with van der Waals surface area (Å²) < 4.78 is 33.8. The van der Waals surface area contributed by atoms with Crippen molar-refractivity contribution in [2.24, 2.45) is 0 Å². The maximum atomic E-state index is 13.0. The molecule has 32 heavy (non-hydrogen) atoms. The number of aryl methyl sites for hydroxylation is 1. The first-order valence-electron chi connectivity index (χ1n) is 9.89. The summed E-state index contributed by atoms with van der Waals surface area (Å²) in [5, 5.41) is 3.47. The van der Waals surface area contributed by atoms with E-state index in [4.69, 9.17) is 16.3 Å². The summed E-state index contributed by atoms with van der Waals surface area (Å²) in [7, 11) is -3.72. The molecule has 1 aliphatic rings. The van der Waals surface area contributed by atoms with Crippen molar-refractivity contribution in [2.45, 2.75) is 18.4 Å². The number of morpholine rings is 1. The van der Waals surface area contributed by atoms with E-state index >= 15 is 0 Å². The van der Waals surface area contributed by atoms with Crippen LogP contribution in [0.4, 0.5) is 5.69 Å². The molecular weight excluding hydrogens is 456 g/mol. The zero-order chi connectivity index (χ0) is 22.9. The smallest absolute Gasteiger partial charge is 0.261 e. The number of amides is 1. The first-order valence-corrected chi connectivity index (χ1v) is 11.7. The number of nitrogens with one attached hydrogen (secondary N) is 1.